The monoisotopic (exact) mass is 203 g/mol. The van der Waals surface area contributed by atoms with Crippen LogP contribution in [0.2, 0.25) is 0 Å². The molecule has 0 aliphatic heterocycles. The summed E-state index contributed by atoms with van der Waals surface area (Å²) in [5.74, 6) is 0. The molecular weight excluding hydrogens is 196 g/mol. The van der Waals surface area contributed by atoms with Crippen molar-refractivity contribution < 1.29 is 0 Å². The quantitative estimate of drug-likeness (QED) is 0.592. The Morgan fingerprint density at radius 1 is 1.67 bits per heavy atom. The van der Waals surface area contributed by atoms with Gasteiger partial charge in [0.15, 0.2) is 0 Å². The van der Waals surface area contributed by atoms with Gasteiger partial charge in [0.1, 0.15) is 0 Å². The van der Waals surface area contributed by atoms with Crippen molar-refractivity contribution >= 4 is 27.7 Å². The fourth-order valence-electron chi connectivity index (χ4n) is 0.629. The molecule has 0 saturated heterocycles. The Hall–Kier alpha value is 0.310. The summed E-state index contributed by atoms with van der Waals surface area (Å²) in [4.78, 5) is 1.76. The third-order valence-corrected chi connectivity index (χ3v) is 2.48. The second kappa shape index (κ2) is 3.47. The molecule has 0 N–H and O–H groups in total. The van der Waals surface area contributed by atoms with E-state index in [0.717, 1.165) is 0 Å². The van der Waals surface area contributed by atoms with Crippen molar-refractivity contribution in [1.29, 1.82) is 0 Å². The molecule has 0 aromatic heterocycles. The number of rotatable bonds is 1. The van der Waals surface area contributed by atoms with Crippen molar-refractivity contribution in [1.82, 2.24) is 0 Å². The first-order chi connectivity index (χ1) is 4.33. The topological polar surface area (TPSA) is 0 Å². The molecule has 0 amide bonds. The largest absolute Gasteiger partial charge is 0.130 e. The van der Waals surface area contributed by atoms with E-state index in [2.05, 4.69) is 46.8 Å². The van der Waals surface area contributed by atoms with E-state index < -0.39 is 0 Å². The highest BCUT2D eigenvalue weighted by molar-refractivity contribution is 9.09. The maximum atomic E-state index is 3.45. The van der Waals surface area contributed by atoms with Gasteiger partial charge in [-0.05, 0) is 6.26 Å². The average Bonchev–Trinajstić information content (AvgIpc) is 1.90. The Bertz CT molecular complexity index is 149. The highest BCUT2D eigenvalue weighted by Gasteiger charge is 2.02. The first-order valence-corrected chi connectivity index (χ1v) is 4.88. The van der Waals surface area contributed by atoms with Crippen LogP contribution in [0.5, 0.6) is 0 Å². The van der Waals surface area contributed by atoms with Gasteiger partial charge in [0.25, 0.3) is 0 Å². The molecule has 1 aliphatic rings. The SMILES string of the molecule is CSC1=C[CH]C(Br)C=C1. The Kier molecular flexibility index (Phi) is 2.86. The van der Waals surface area contributed by atoms with Gasteiger partial charge < -0.3 is 0 Å². The Morgan fingerprint density at radius 2 is 2.44 bits per heavy atom. The van der Waals surface area contributed by atoms with Crippen LogP contribution in [-0.4, -0.2) is 11.1 Å². The lowest BCUT2D eigenvalue weighted by molar-refractivity contribution is 1.31. The van der Waals surface area contributed by atoms with Crippen molar-refractivity contribution in [3.05, 3.63) is 29.6 Å². The zero-order valence-corrected chi connectivity index (χ0v) is 7.58. The fraction of sp³-hybridized carbons (Fsp3) is 0.286. The number of hydrogen-bond acceptors (Lipinski definition) is 1. The third kappa shape index (κ3) is 2.18. The van der Waals surface area contributed by atoms with Crippen LogP contribution >= 0.6 is 27.7 Å². The number of hydrogen-bond donors (Lipinski definition) is 0. The van der Waals surface area contributed by atoms with Gasteiger partial charge in [0, 0.05) is 16.2 Å². The Labute approximate surface area is 68.5 Å². The molecule has 0 nitrogen and oxygen atoms in total. The summed E-state index contributed by atoms with van der Waals surface area (Å²) in [7, 11) is 0. The highest BCUT2D eigenvalue weighted by atomic mass is 79.9. The molecule has 1 unspecified atom stereocenters. The van der Waals surface area contributed by atoms with Crippen LogP contribution in [-0.2, 0) is 0 Å². The molecular formula is C7H8BrS. The van der Waals surface area contributed by atoms with E-state index in [0.29, 0.717) is 4.83 Å². The fourth-order valence-corrected chi connectivity index (χ4v) is 1.36. The first-order valence-electron chi connectivity index (χ1n) is 2.74. The lowest BCUT2D eigenvalue weighted by atomic mass is 10.2. The lowest BCUT2D eigenvalue weighted by Gasteiger charge is -2.06. The maximum absolute atomic E-state index is 3.45. The van der Waals surface area contributed by atoms with E-state index in [1.165, 1.54) is 4.91 Å². The molecule has 0 bridgehead atoms. The molecule has 1 atom stereocenters. The highest BCUT2D eigenvalue weighted by Crippen LogP contribution is 2.21. The zero-order valence-electron chi connectivity index (χ0n) is 5.17. The van der Waals surface area contributed by atoms with Crippen LogP contribution in [0.25, 0.3) is 0 Å². The van der Waals surface area contributed by atoms with Crippen LogP contribution in [0.15, 0.2) is 23.1 Å². The van der Waals surface area contributed by atoms with Crippen molar-refractivity contribution in [2.75, 3.05) is 6.26 Å². The third-order valence-electron chi connectivity index (χ3n) is 1.12. The van der Waals surface area contributed by atoms with E-state index in [4.69, 9.17) is 0 Å². The van der Waals surface area contributed by atoms with Gasteiger partial charge in [-0.25, -0.2) is 0 Å². The van der Waals surface area contributed by atoms with Crippen molar-refractivity contribution in [3.63, 3.8) is 0 Å². The summed E-state index contributed by atoms with van der Waals surface area (Å²) in [5, 5.41) is 0. The Morgan fingerprint density at radius 3 is 2.89 bits per heavy atom. The minimum atomic E-state index is 0.438. The number of thioether (sulfide) groups is 1. The molecule has 1 rings (SSSR count). The minimum absolute atomic E-state index is 0.438. The van der Waals surface area contributed by atoms with E-state index >= 15 is 0 Å². The van der Waals surface area contributed by atoms with Gasteiger partial charge in [-0.3, -0.25) is 0 Å². The van der Waals surface area contributed by atoms with Crippen LogP contribution in [0.1, 0.15) is 0 Å². The van der Waals surface area contributed by atoms with E-state index in [9.17, 15) is 0 Å². The molecule has 0 spiro atoms. The van der Waals surface area contributed by atoms with Gasteiger partial charge in [-0.15, -0.1) is 11.8 Å². The zero-order chi connectivity index (χ0) is 6.69. The average molecular weight is 204 g/mol. The molecule has 0 aromatic carbocycles. The molecule has 0 heterocycles. The molecule has 0 saturated carbocycles. The lowest BCUT2D eigenvalue weighted by Crippen LogP contribution is -1.95. The standard InChI is InChI=1S/C7H8BrS/c1-9-7-4-2-6(8)3-5-7/h2-6H,1H3. The van der Waals surface area contributed by atoms with E-state index in [1.807, 2.05) is 0 Å². The predicted molar refractivity (Wildman–Crippen MR) is 47.8 cm³/mol. The minimum Gasteiger partial charge on any atom is -0.130 e. The van der Waals surface area contributed by atoms with Gasteiger partial charge >= 0.3 is 0 Å². The summed E-state index contributed by atoms with van der Waals surface area (Å²) < 4.78 is 0. The summed E-state index contributed by atoms with van der Waals surface area (Å²) in [6, 6.07) is 0. The summed E-state index contributed by atoms with van der Waals surface area (Å²) in [5.41, 5.74) is 0. The van der Waals surface area contributed by atoms with Crippen LogP contribution in [0.4, 0.5) is 0 Å². The van der Waals surface area contributed by atoms with Gasteiger partial charge in [0.05, 0.1) is 0 Å². The van der Waals surface area contributed by atoms with Gasteiger partial charge in [-0.1, -0.05) is 34.2 Å². The number of allylic oxidation sites excluding steroid dienone is 3. The second-order valence-electron chi connectivity index (χ2n) is 1.77. The Balaban J connectivity index is 2.52. The molecule has 1 radical (unpaired) electrons. The van der Waals surface area contributed by atoms with Crippen LogP contribution in [0, 0.1) is 6.42 Å². The molecule has 1 aliphatic carbocycles. The van der Waals surface area contributed by atoms with Gasteiger partial charge in [0.2, 0.25) is 0 Å². The molecule has 2 heteroatoms. The van der Waals surface area contributed by atoms with Crippen molar-refractivity contribution in [2.45, 2.75) is 4.83 Å². The summed E-state index contributed by atoms with van der Waals surface area (Å²) in [6.45, 7) is 0. The normalized spacial score (nSPS) is 26.0. The summed E-state index contributed by atoms with van der Waals surface area (Å²) >= 11 is 5.22. The number of halogens is 1. The van der Waals surface area contributed by atoms with Crippen molar-refractivity contribution in [3.8, 4) is 0 Å². The van der Waals surface area contributed by atoms with Gasteiger partial charge in [-0.2, -0.15) is 0 Å². The maximum Gasteiger partial charge on any atom is 0.0398 e. The van der Waals surface area contributed by atoms with E-state index in [1.54, 1.807) is 11.8 Å². The predicted octanol–water partition coefficient (Wildman–Crippen LogP) is 2.77. The second-order valence-corrected chi connectivity index (χ2v) is 3.71. The van der Waals surface area contributed by atoms with Crippen LogP contribution < -0.4 is 0 Å². The van der Waals surface area contributed by atoms with Crippen molar-refractivity contribution in [2.24, 2.45) is 0 Å². The molecule has 9 heavy (non-hydrogen) atoms. The smallest absolute Gasteiger partial charge is 0.0398 e. The molecule has 0 fully saturated rings. The van der Waals surface area contributed by atoms with Crippen LogP contribution in [0.3, 0.4) is 0 Å². The first kappa shape index (κ1) is 7.42. The summed E-state index contributed by atoms with van der Waals surface area (Å²) in [6.07, 6.45) is 10.6. The van der Waals surface area contributed by atoms with E-state index in [-0.39, 0.29) is 0 Å². The molecule has 0 aromatic rings. The number of alkyl halides is 1. The molecule has 49 valence electrons.